The van der Waals surface area contributed by atoms with Gasteiger partial charge in [0.25, 0.3) is 5.91 Å². The lowest BCUT2D eigenvalue weighted by Crippen LogP contribution is -2.30. The van der Waals surface area contributed by atoms with Crippen LogP contribution in [0.3, 0.4) is 0 Å². The molecule has 2 rings (SSSR count). The third-order valence-corrected chi connectivity index (χ3v) is 4.65. The smallest absolute Gasteiger partial charge is 0.306 e. The normalized spacial score (nSPS) is 11.8. The zero-order valence-electron chi connectivity index (χ0n) is 14.3. The number of thiophene rings is 1. The van der Waals surface area contributed by atoms with Crippen LogP contribution in [0.4, 0.5) is 5.69 Å². The lowest BCUT2D eigenvalue weighted by Gasteiger charge is -2.15. The molecule has 0 saturated carbocycles. The predicted molar refractivity (Wildman–Crippen MR) is 97.4 cm³/mol. The van der Waals surface area contributed by atoms with E-state index in [1.807, 2.05) is 43.5 Å². The van der Waals surface area contributed by atoms with Crippen molar-refractivity contribution in [3.63, 3.8) is 0 Å². The number of hydrogen-bond donors (Lipinski definition) is 1. The van der Waals surface area contributed by atoms with Gasteiger partial charge in [-0.1, -0.05) is 18.2 Å². The number of hydrogen-bond acceptors (Lipinski definition) is 4. The minimum absolute atomic E-state index is 0.310. The van der Waals surface area contributed by atoms with Gasteiger partial charge in [-0.3, -0.25) is 9.59 Å². The summed E-state index contributed by atoms with van der Waals surface area (Å²) >= 11 is 1.68. The number of aryl methyl sites for hydroxylation is 3. The Labute approximate surface area is 146 Å². The molecule has 0 aliphatic heterocycles. The first-order valence-electron chi connectivity index (χ1n) is 8.05. The molecule has 0 saturated heterocycles. The maximum absolute atomic E-state index is 12.2. The van der Waals surface area contributed by atoms with E-state index in [4.69, 9.17) is 4.74 Å². The number of benzene rings is 1. The van der Waals surface area contributed by atoms with Crippen LogP contribution in [0, 0.1) is 13.8 Å². The van der Waals surface area contributed by atoms with Gasteiger partial charge in [0, 0.05) is 17.0 Å². The summed E-state index contributed by atoms with van der Waals surface area (Å²) in [6.45, 7) is 5.49. The topological polar surface area (TPSA) is 55.4 Å². The SMILES string of the molecule is Cc1ccc(C)c(NC(=O)[C@H](C)OC(=O)CCCc2cccs2)c1. The first-order valence-corrected chi connectivity index (χ1v) is 8.93. The molecule has 24 heavy (non-hydrogen) atoms. The first kappa shape index (κ1) is 18.2. The van der Waals surface area contributed by atoms with Crippen molar-refractivity contribution in [2.75, 3.05) is 5.32 Å². The second-order valence-corrected chi connectivity index (χ2v) is 6.90. The Balaban J connectivity index is 1.78. The summed E-state index contributed by atoms with van der Waals surface area (Å²) < 4.78 is 5.23. The van der Waals surface area contributed by atoms with Crippen LogP contribution in [0.15, 0.2) is 35.7 Å². The molecule has 1 aromatic heterocycles. The summed E-state index contributed by atoms with van der Waals surface area (Å²) in [7, 11) is 0. The van der Waals surface area contributed by atoms with Crippen LogP contribution in [-0.4, -0.2) is 18.0 Å². The van der Waals surface area contributed by atoms with Crippen LogP contribution in [-0.2, 0) is 20.7 Å². The largest absolute Gasteiger partial charge is 0.453 e. The molecule has 0 fully saturated rings. The molecule has 1 aromatic carbocycles. The van der Waals surface area contributed by atoms with Crippen molar-refractivity contribution in [3.8, 4) is 0 Å². The molecular weight excluding hydrogens is 322 g/mol. The number of esters is 1. The van der Waals surface area contributed by atoms with Crippen LogP contribution in [0.1, 0.15) is 35.8 Å². The van der Waals surface area contributed by atoms with Crippen molar-refractivity contribution in [1.82, 2.24) is 0 Å². The van der Waals surface area contributed by atoms with Crippen molar-refractivity contribution in [1.29, 1.82) is 0 Å². The fourth-order valence-corrected chi connectivity index (χ4v) is 3.03. The highest BCUT2D eigenvalue weighted by molar-refractivity contribution is 7.09. The highest BCUT2D eigenvalue weighted by Gasteiger charge is 2.18. The zero-order chi connectivity index (χ0) is 17.5. The minimum atomic E-state index is -0.806. The van der Waals surface area contributed by atoms with Gasteiger partial charge in [0.2, 0.25) is 0 Å². The van der Waals surface area contributed by atoms with Gasteiger partial charge >= 0.3 is 5.97 Å². The molecule has 1 heterocycles. The van der Waals surface area contributed by atoms with E-state index in [0.717, 1.165) is 29.7 Å². The maximum atomic E-state index is 12.2. The predicted octanol–water partition coefficient (Wildman–Crippen LogP) is 4.26. The summed E-state index contributed by atoms with van der Waals surface area (Å²) in [4.78, 5) is 25.3. The van der Waals surface area contributed by atoms with E-state index in [0.29, 0.717) is 6.42 Å². The average Bonchev–Trinajstić information content (AvgIpc) is 3.04. The van der Waals surface area contributed by atoms with Gasteiger partial charge in [0.1, 0.15) is 0 Å². The number of rotatable bonds is 7. The van der Waals surface area contributed by atoms with Gasteiger partial charge in [-0.2, -0.15) is 0 Å². The van der Waals surface area contributed by atoms with Crippen molar-refractivity contribution in [2.24, 2.45) is 0 Å². The molecule has 0 aliphatic rings. The average molecular weight is 345 g/mol. The molecule has 5 heteroatoms. The molecule has 2 aromatic rings. The Hall–Kier alpha value is -2.14. The van der Waals surface area contributed by atoms with Crippen molar-refractivity contribution in [3.05, 3.63) is 51.7 Å². The van der Waals surface area contributed by atoms with Crippen LogP contribution in [0.5, 0.6) is 0 Å². The molecule has 1 N–H and O–H groups in total. The molecule has 0 aliphatic carbocycles. The van der Waals surface area contributed by atoms with Crippen LogP contribution >= 0.6 is 11.3 Å². The number of carbonyl (C=O) groups is 2. The van der Waals surface area contributed by atoms with Gasteiger partial charge in [-0.05, 0) is 62.3 Å². The van der Waals surface area contributed by atoms with Crippen LogP contribution in [0.2, 0.25) is 0 Å². The van der Waals surface area contributed by atoms with Gasteiger partial charge in [-0.25, -0.2) is 0 Å². The van der Waals surface area contributed by atoms with Gasteiger partial charge in [0.05, 0.1) is 0 Å². The lowest BCUT2D eigenvalue weighted by atomic mass is 10.1. The standard InChI is InChI=1S/C19H23NO3S/c1-13-9-10-14(2)17(12-13)20-19(22)15(3)23-18(21)8-4-6-16-7-5-11-24-16/h5,7,9-12,15H,4,6,8H2,1-3H3,(H,20,22)/t15-/m0/s1. The number of nitrogens with one attached hydrogen (secondary N) is 1. The first-order chi connectivity index (χ1) is 11.5. The summed E-state index contributed by atoms with van der Waals surface area (Å²) in [6, 6.07) is 9.89. The van der Waals surface area contributed by atoms with E-state index in [9.17, 15) is 9.59 Å². The Morgan fingerprint density at radius 2 is 2.04 bits per heavy atom. The van der Waals surface area contributed by atoms with E-state index in [2.05, 4.69) is 11.4 Å². The van der Waals surface area contributed by atoms with Crippen molar-refractivity contribution in [2.45, 2.75) is 46.1 Å². The van der Waals surface area contributed by atoms with Gasteiger partial charge in [0.15, 0.2) is 6.10 Å². The van der Waals surface area contributed by atoms with E-state index in [-0.39, 0.29) is 11.9 Å². The third kappa shape index (κ3) is 5.49. The molecule has 1 atom stereocenters. The Morgan fingerprint density at radius 1 is 1.25 bits per heavy atom. The summed E-state index contributed by atoms with van der Waals surface area (Å²) in [5.41, 5.74) is 2.79. The maximum Gasteiger partial charge on any atom is 0.306 e. The zero-order valence-corrected chi connectivity index (χ0v) is 15.1. The van der Waals surface area contributed by atoms with Gasteiger partial charge < -0.3 is 10.1 Å². The summed E-state index contributed by atoms with van der Waals surface area (Å²) in [6.07, 6.45) is 1.10. The fourth-order valence-electron chi connectivity index (χ4n) is 2.28. The Bertz CT molecular complexity index is 695. The highest BCUT2D eigenvalue weighted by atomic mass is 32.1. The second kappa shape index (κ2) is 8.64. The molecule has 0 bridgehead atoms. The monoisotopic (exact) mass is 345 g/mol. The number of amides is 1. The molecule has 0 spiro atoms. The lowest BCUT2D eigenvalue weighted by molar-refractivity contribution is -0.153. The summed E-state index contributed by atoms with van der Waals surface area (Å²) in [5.74, 6) is -0.648. The van der Waals surface area contributed by atoms with Crippen molar-refractivity contribution < 1.29 is 14.3 Å². The molecular formula is C19H23NO3S. The minimum Gasteiger partial charge on any atom is -0.453 e. The second-order valence-electron chi connectivity index (χ2n) is 5.87. The van der Waals surface area contributed by atoms with Crippen LogP contribution < -0.4 is 5.32 Å². The molecule has 0 radical (unpaired) electrons. The highest BCUT2D eigenvalue weighted by Crippen LogP contribution is 2.17. The van der Waals surface area contributed by atoms with E-state index in [1.54, 1.807) is 18.3 Å². The molecule has 4 nitrogen and oxygen atoms in total. The van der Waals surface area contributed by atoms with E-state index in [1.165, 1.54) is 4.88 Å². The van der Waals surface area contributed by atoms with E-state index < -0.39 is 6.10 Å². The van der Waals surface area contributed by atoms with Crippen LogP contribution in [0.25, 0.3) is 0 Å². The van der Waals surface area contributed by atoms with Crippen molar-refractivity contribution >= 4 is 28.9 Å². The number of carbonyl (C=O) groups excluding carboxylic acids is 2. The number of anilines is 1. The van der Waals surface area contributed by atoms with E-state index >= 15 is 0 Å². The molecule has 1 amide bonds. The quantitative estimate of drug-likeness (QED) is 0.763. The summed E-state index contributed by atoms with van der Waals surface area (Å²) in [5, 5.41) is 4.84. The Morgan fingerprint density at radius 3 is 2.75 bits per heavy atom. The van der Waals surface area contributed by atoms with Gasteiger partial charge in [-0.15, -0.1) is 11.3 Å². The number of ether oxygens (including phenoxy) is 1. The Kier molecular flexibility index (Phi) is 6.55. The molecule has 0 unspecified atom stereocenters. The third-order valence-electron chi connectivity index (χ3n) is 3.71. The fraction of sp³-hybridized carbons (Fsp3) is 0.368. The molecule has 128 valence electrons.